The summed E-state index contributed by atoms with van der Waals surface area (Å²) in [5, 5.41) is 2.83. The Hall–Kier alpha value is -1.79. The molecule has 0 saturated carbocycles. The van der Waals surface area contributed by atoms with Crippen molar-refractivity contribution in [1.29, 1.82) is 0 Å². The van der Waals surface area contributed by atoms with Crippen molar-refractivity contribution in [3.8, 4) is 12.3 Å². The number of hydrogen-bond donors (Lipinski definition) is 2. The lowest BCUT2D eigenvalue weighted by atomic mass is 10.1. The summed E-state index contributed by atoms with van der Waals surface area (Å²) in [5.74, 6) is 2.44. The van der Waals surface area contributed by atoms with E-state index in [0.29, 0.717) is 18.7 Å². The molecule has 0 heterocycles. The van der Waals surface area contributed by atoms with Gasteiger partial charge in [-0.15, -0.1) is 6.42 Å². The van der Waals surface area contributed by atoms with Gasteiger partial charge in [0.2, 0.25) is 0 Å². The zero-order chi connectivity index (χ0) is 11.8. The van der Waals surface area contributed by atoms with E-state index in [4.69, 9.17) is 12.2 Å². The molecule has 0 fully saturated rings. The van der Waals surface area contributed by atoms with Gasteiger partial charge in [0.05, 0.1) is 0 Å². The first kappa shape index (κ1) is 12.3. The second kappa shape index (κ2) is 6.65. The first-order chi connectivity index (χ1) is 7.77. The van der Waals surface area contributed by atoms with Gasteiger partial charge >= 0.3 is 0 Å². The van der Waals surface area contributed by atoms with Crippen molar-refractivity contribution in [2.24, 2.45) is 5.73 Å². The molecule has 3 nitrogen and oxygen atoms in total. The van der Waals surface area contributed by atoms with Crippen LogP contribution < -0.4 is 11.1 Å². The van der Waals surface area contributed by atoms with Crippen LogP contribution >= 0.6 is 0 Å². The Kier molecular flexibility index (Phi) is 5.10. The predicted octanol–water partition coefficient (Wildman–Crippen LogP) is 1.14. The topological polar surface area (TPSA) is 55.1 Å². The van der Waals surface area contributed by atoms with Crippen LogP contribution in [0, 0.1) is 12.3 Å². The molecule has 0 aliphatic heterocycles. The molecule has 16 heavy (non-hydrogen) atoms. The number of hydrogen-bond acceptors (Lipinski definition) is 2. The van der Waals surface area contributed by atoms with Crippen molar-refractivity contribution in [2.45, 2.75) is 12.8 Å². The Morgan fingerprint density at radius 1 is 1.31 bits per heavy atom. The largest absolute Gasteiger partial charge is 0.352 e. The number of carbonyl (C=O) groups excluding carboxylic acids is 1. The van der Waals surface area contributed by atoms with Crippen molar-refractivity contribution in [3.05, 3.63) is 35.4 Å². The molecule has 3 N–H and O–H groups in total. The quantitative estimate of drug-likeness (QED) is 0.573. The summed E-state index contributed by atoms with van der Waals surface area (Å²) in [6.45, 7) is 1.32. The first-order valence-electron chi connectivity index (χ1n) is 5.33. The minimum absolute atomic E-state index is 0.0689. The molecule has 0 saturated heterocycles. The first-order valence-corrected chi connectivity index (χ1v) is 5.33. The highest BCUT2D eigenvalue weighted by atomic mass is 16.1. The Balaban J connectivity index is 2.44. The van der Waals surface area contributed by atoms with E-state index in [2.05, 4.69) is 11.2 Å². The molecule has 0 unspecified atom stereocenters. The fraction of sp³-hybridized carbons (Fsp3) is 0.308. The number of carbonyl (C=O) groups is 1. The van der Waals surface area contributed by atoms with Crippen LogP contribution in [0.4, 0.5) is 0 Å². The van der Waals surface area contributed by atoms with Gasteiger partial charge in [-0.2, -0.15) is 0 Å². The van der Waals surface area contributed by atoms with Crippen LogP contribution in [-0.2, 0) is 0 Å². The molecule has 0 aliphatic carbocycles. The zero-order valence-electron chi connectivity index (χ0n) is 9.20. The smallest absolute Gasteiger partial charge is 0.251 e. The van der Waals surface area contributed by atoms with Crippen molar-refractivity contribution >= 4 is 5.91 Å². The van der Waals surface area contributed by atoms with Gasteiger partial charge in [-0.3, -0.25) is 4.79 Å². The standard InChI is InChI=1S/C13H16N2O/c1-2-11-5-7-12(8-6-11)13(16)15-10-4-3-9-14/h1,5-8H,3-4,9-10,14H2,(H,15,16). The Labute approximate surface area is 96.0 Å². The minimum atomic E-state index is -0.0689. The second-order valence-electron chi connectivity index (χ2n) is 3.47. The van der Waals surface area contributed by atoms with E-state index in [1.807, 2.05) is 0 Å². The summed E-state index contributed by atoms with van der Waals surface area (Å²) >= 11 is 0. The number of nitrogens with one attached hydrogen (secondary N) is 1. The predicted molar refractivity (Wildman–Crippen MR) is 65.0 cm³/mol. The van der Waals surface area contributed by atoms with Crippen LogP contribution in [0.15, 0.2) is 24.3 Å². The average Bonchev–Trinajstić information content (AvgIpc) is 2.34. The van der Waals surface area contributed by atoms with E-state index >= 15 is 0 Å². The van der Waals surface area contributed by atoms with E-state index in [1.165, 1.54) is 0 Å². The fourth-order valence-electron chi connectivity index (χ4n) is 1.29. The second-order valence-corrected chi connectivity index (χ2v) is 3.47. The summed E-state index contributed by atoms with van der Waals surface area (Å²) in [4.78, 5) is 11.6. The molecule has 0 atom stereocenters. The van der Waals surface area contributed by atoms with Gasteiger partial charge in [0.1, 0.15) is 0 Å². The van der Waals surface area contributed by atoms with Gasteiger partial charge in [-0.25, -0.2) is 0 Å². The zero-order valence-corrected chi connectivity index (χ0v) is 9.20. The van der Waals surface area contributed by atoms with Gasteiger partial charge in [-0.1, -0.05) is 5.92 Å². The molecule has 0 aromatic heterocycles. The lowest BCUT2D eigenvalue weighted by Crippen LogP contribution is -2.24. The summed E-state index contributed by atoms with van der Waals surface area (Å²) in [5.41, 5.74) is 6.77. The molecule has 84 valence electrons. The van der Waals surface area contributed by atoms with Crippen LogP contribution in [0.25, 0.3) is 0 Å². The Morgan fingerprint density at radius 2 is 2.00 bits per heavy atom. The van der Waals surface area contributed by atoms with Crippen LogP contribution in [-0.4, -0.2) is 19.0 Å². The molecule has 1 aromatic carbocycles. The SMILES string of the molecule is C#Cc1ccc(C(=O)NCCCCN)cc1. The van der Waals surface area contributed by atoms with Crippen LogP contribution in [0.5, 0.6) is 0 Å². The summed E-state index contributed by atoms with van der Waals surface area (Å²) < 4.78 is 0. The van der Waals surface area contributed by atoms with E-state index in [0.717, 1.165) is 18.4 Å². The van der Waals surface area contributed by atoms with Crippen molar-refractivity contribution < 1.29 is 4.79 Å². The van der Waals surface area contributed by atoms with E-state index in [-0.39, 0.29) is 5.91 Å². The molecule has 3 heteroatoms. The molecule has 0 bridgehead atoms. The minimum Gasteiger partial charge on any atom is -0.352 e. The third-order valence-electron chi connectivity index (χ3n) is 2.23. The molecular weight excluding hydrogens is 200 g/mol. The Bertz CT molecular complexity index is 376. The van der Waals surface area contributed by atoms with Crippen LogP contribution in [0.2, 0.25) is 0 Å². The van der Waals surface area contributed by atoms with Crippen LogP contribution in [0.3, 0.4) is 0 Å². The summed E-state index contributed by atoms with van der Waals surface area (Å²) in [6, 6.07) is 6.98. The monoisotopic (exact) mass is 216 g/mol. The normalized spacial score (nSPS) is 9.50. The molecule has 1 amide bonds. The van der Waals surface area contributed by atoms with Gasteiger partial charge in [0.25, 0.3) is 5.91 Å². The van der Waals surface area contributed by atoms with Crippen molar-refractivity contribution in [1.82, 2.24) is 5.32 Å². The van der Waals surface area contributed by atoms with Gasteiger partial charge in [0.15, 0.2) is 0 Å². The molecular formula is C13H16N2O. The molecule has 0 aliphatic rings. The maximum atomic E-state index is 11.6. The highest BCUT2D eigenvalue weighted by Gasteiger charge is 2.03. The third kappa shape index (κ3) is 3.76. The van der Waals surface area contributed by atoms with Gasteiger partial charge in [0, 0.05) is 17.7 Å². The fourth-order valence-corrected chi connectivity index (χ4v) is 1.29. The highest BCUT2D eigenvalue weighted by Crippen LogP contribution is 2.03. The van der Waals surface area contributed by atoms with E-state index in [9.17, 15) is 4.79 Å². The van der Waals surface area contributed by atoms with Crippen molar-refractivity contribution in [3.63, 3.8) is 0 Å². The number of rotatable bonds is 5. The number of nitrogens with two attached hydrogens (primary N) is 1. The van der Waals surface area contributed by atoms with E-state index < -0.39 is 0 Å². The van der Waals surface area contributed by atoms with Gasteiger partial charge in [-0.05, 0) is 43.7 Å². The number of unbranched alkanes of at least 4 members (excludes halogenated alkanes) is 1. The lowest BCUT2D eigenvalue weighted by Gasteiger charge is -2.04. The Morgan fingerprint density at radius 3 is 2.56 bits per heavy atom. The van der Waals surface area contributed by atoms with E-state index in [1.54, 1.807) is 24.3 Å². The number of terminal acetylenes is 1. The molecule has 0 spiro atoms. The van der Waals surface area contributed by atoms with Gasteiger partial charge < -0.3 is 11.1 Å². The van der Waals surface area contributed by atoms with Crippen molar-refractivity contribution in [2.75, 3.05) is 13.1 Å². The molecule has 1 aromatic rings. The average molecular weight is 216 g/mol. The number of benzene rings is 1. The summed E-state index contributed by atoms with van der Waals surface area (Å²) in [6.07, 6.45) is 7.06. The molecule has 0 radical (unpaired) electrons. The summed E-state index contributed by atoms with van der Waals surface area (Å²) in [7, 11) is 0. The lowest BCUT2D eigenvalue weighted by molar-refractivity contribution is 0.0953. The van der Waals surface area contributed by atoms with Crippen LogP contribution in [0.1, 0.15) is 28.8 Å². The number of amides is 1. The maximum Gasteiger partial charge on any atom is 0.251 e. The maximum absolute atomic E-state index is 11.6. The third-order valence-corrected chi connectivity index (χ3v) is 2.23. The highest BCUT2D eigenvalue weighted by molar-refractivity contribution is 5.94. The molecule has 1 rings (SSSR count).